The molecule has 0 aromatic heterocycles. The Morgan fingerprint density at radius 3 is 1.59 bits per heavy atom. The number of rotatable bonds is 11. The van der Waals surface area contributed by atoms with Crippen molar-refractivity contribution in [2.24, 2.45) is 0 Å². The van der Waals surface area contributed by atoms with Crippen LogP contribution in [0.15, 0.2) is 109 Å². The van der Waals surface area contributed by atoms with Crippen molar-refractivity contribution in [2.45, 2.75) is 38.5 Å². The molecule has 0 aliphatic carbocycles. The van der Waals surface area contributed by atoms with Crippen molar-refractivity contribution in [1.29, 1.82) is 0 Å². The van der Waals surface area contributed by atoms with Gasteiger partial charge in [0.25, 0.3) is 5.91 Å². The Bertz CT molecular complexity index is 2420. The lowest BCUT2D eigenvalue weighted by atomic mass is 10.1. The molecular weight excluding hydrogens is 821 g/mol. The van der Waals surface area contributed by atoms with Crippen LogP contribution in [0.25, 0.3) is 21.5 Å². The number of nitrogens with one attached hydrogen (secondary N) is 1. The number of fused-ring (bicyclic) bond motifs is 2. The second kappa shape index (κ2) is 22.2. The Balaban J connectivity index is 0.000000169. The molecule has 1 amide bonds. The monoisotopic (exact) mass is 870 g/mol. The summed E-state index contributed by atoms with van der Waals surface area (Å²) in [5, 5.41) is 15.6. The third kappa shape index (κ3) is 12.2. The topological polar surface area (TPSA) is 117 Å². The molecule has 2 aliphatic rings. The molecule has 0 unspecified atom stereocenters. The van der Waals surface area contributed by atoms with Gasteiger partial charge in [0, 0.05) is 76.0 Å². The summed E-state index contributed by atoms with van der Waals surface area (Å²) in [4.78, 5) is 27.9. The van der Waals surface area contributed by atoms with E-state index in [-0.39, 0.29) is 11.5 Å². The molecule has 0 radical (unpaired) electrons. The van der Waals surface area contributed by atoms with Crippen LogP contribution >= 0.6 is 23.2 Å². The van der Waals surface area contributed by atoms with Gasteiger partial charge < -0.3 is 35.4 Å². The van der Waals surface area contributed by atoms with Crippen LogP contribution in [0.5, 0.6) is 11.5 Å². The zero-order valence-corrected chi connectivity index (χ0v) is 35.4. The molecule has 6 aromatic rings. The third-order valence-corrected chi connectivity index (χ3v) is 10.7. The van der Waals surface area contributed by atoms with Crippen molar-refractivity contribution in [3.63, 3.8) is 0 Å². The van der Waals surface area contributed by atoms with Crippen LogP contribution < -0.4 is 30.3 Å². The molecule has 6 aromatic carbocycles. The summed E-state index contributed by atoms with van der Waals surface area (Å²) >= 11 is 11.3. The van der Waals surface area contributed by atoms with Gasteiger partial charge in [-0.25, -0.2) is 13.6 Å². The number of aromatic carboxylic acids is 1. The van der Waals surface area contributed by atoms with Crippen molar-refractivity contribution in [3.05, 3.63) is 132 Å². The average molecular weight is 872 g/mol. The van der Waals surface area contributed by atoms with E-state index in [1.807, 2.05) is 71.6 Å². The molecule has 0 atom stereocenters. The first kappa shape index (κ1) is 44.8. The molecule has 320 valence electrons. The number of amides is 1. The molecular formula is C48H50Cl2F2N4O5. The number of nitrogens with zero attached hydrogens (tertiary/aromatic N) is 2. The smallest absolute Gasteiger partial charge is 0.335 e. The van der Waals surface area contributed by atoms with Crippen LogP contribution in [-0.4, -0.2) is 68.1 Å². The Morgan fingerprint density at radius 1 is 0.607 bits per heavy atom. The maximum absolute atomic E-state index is 14.3. The normalized spacial score (nSPS) is 13.7. The molecule has 2 heterocycles. The van der Waals surface area contributed by atoms with Crippen LogP contribution in [-0.2, 0) is 0 Å². The van der Waals surface area contributed by atoms with Gasteiger partial charge >= 0.3 is 5.97 Å². The molecule has 2 aliphatic heterocycles. The van der Waals surface area contributed by atoms with Gasteiger partial charge in [-0.15, -0.1) is 23.2 Å². The number of nitrogen functional groups attached to an aromatic ring is 1. The minimum absolute atomic E-state index is 0.0144. The van der Waals surface area contributed by atoms with Gasteiger partial charge in [-0.05, 0) is 99.2 Å². The summed E-state index contributed by atoms with van der Waals surface area (Å²) in [7, 11) is 0. The lowest BCUT2D eigenvalue weighted by Crippen LogP contribution is -2.29. The third-order valence-electron chi connectivity index (χ3n) is 10.4. The van der Waals surface area contributed by atoms with E-state index in [0.29, 0.717) is 47.7 Å². The molecule has 0 saturated carbocycles. The number of hydrogen-bond donors (Lipinski definition) is 3. The number of carbonyl (C=O) groups is 2. The zero-order chi connectivity index (χ0) is 43.1. The summed E-state index contributed by atoms with van der Waals surface area (Å²) < 4.78 is 38.8. The number of carboxylic acid groups (broad SMARTS) is 1. The number of alkyl halides is 2. The summed E-state index contributed by atoms with van der Waals surface area (Å²) in [6.45, 7) is 4.44. The van der Waals surface area contributed by atoms with E-state index >= 15 is 0 Å². The van der Waals surface area contributed by atoms with Crippen molar-refractivity contribution in [3.8, 4) is 11.5 Å². The number of carbonyl (C=O) groups excluding carboxylic acids is 1. The number of nitrogens with two attached hydrogens (primary N) is 1. The molecule has 0 spiro atoms. The maximum Gasteiger partial charge on any atom is 0.335 e. The largest absolute Gasteiger partial charge is 0.492 e. The summed E-state index contributed by atoms with van der Waals surface area (Å²) in [6.07, 6.45) is 6.72. The second-order valence-electron chi connectivity index (χ2n) is 14.7. The summed E-state index contributed by atoms with van der Waals surface area (Å²) in [6, 6.07) is 31.5. The highest BCUT2D eigenvalue weighted by molar-refractivity contribution is 6.18. The number of ether oxygens (including phenoxy) is 2. The lowest BCUT2D eigenvalue weighted by Gasteiger charge is -2.29. The van der Waals surface area contributed by atoms with Gasteiger partial charge in [0.1, 0.15) is 36.3 Å². The fraction of sp³-hybridized carbons (Fsp3) is 0.292. The average Bonchev–Trinajstić information content (AvgIpc) is 3.29. The first-order valence-corrected chi connectivity index (χ1v) is 21.5. The van der Waals surface area contributed by atoms with E-state index in [1.54, 1.807) is 12.1 Å². The Hall–Kier alpha value is -5.78. The first-order chi connectivity index (χ1) is 29.6. The predicted molar refractivity (Wildman–Crippen MR) is 245 cm³/mol. The Labute approximate surface area is 364 Å². The van der Waals surface area contributed by atoms with Crippen LogP contribution in [0.4, 0.5) is 31.5 Å². The standard InChI is InChI=1S/C24H24ClFN2O2.C12H12ClNO.C12H14FNO2/c25-10-13-30-23-9-8-22(20-6-2-3-7-21(20)23)27-24(29)17-14-18(26)16-19(15-17)28-11-4-1-5-12-28;13-7-8-15-12-6-5-11(14)9-3-1-2-4-10(9)12;13-10-6-9(12(15)16)7-11(8-10)14-4-2-1-3-5-14/h2-3,6-9,14-16H,1,4-5,10-13H2,(H,27,29);1-6H,7-8,14H2;6-8H,1-5H2,(H,15,16). The lowest BCUT2D eigenvalue weighted by molar-refractivity contribution is 0.0696. The number of hydrogen-bond acceptors (Lipinski definition) is 7. The fourth-order valence-corrected chi connectivity index (χ4v) is 7.64. The fourth-order valence-electron chi connectivity index (χ4n) is 7.49. The molecule has 4 N–H and O–H groups in total. The highest BCUT2D eigenvalue weighted by atomic mass is 35.5. The number of piperidine rings is 2. The summed E-state index contributed by atoms with van der Waals surface area (Å²) in [5.41, 5.74) is 9.05. The molecule has 8 rings (SSSR count). The predicted octanol–water partition coefficient (Wildman–Crippen LogP) is 11.4. The van der Waals surface area contributed by atoms with Crippen molar-refractivity contribution >= 4 is 79.4 Å². The van der Waals surface area contributed by atoms with E-state index in [2.05, 4.69) is 10.2 Å². The van der Waals surface area contributed by atoms with E-state index in [4.69, 9.17) is 43.5 Å². The number of benzene rings is 6. The van der Waals surface area contributed by atoms with E-state index in [0.717, 1.165) is 96.6 Å². The van der Waals surface area contributed by atoms with Crippen molar-refractivity contribution < 1.29 is 33.0 Å². The Morgan fingerprint density at radius 2 is 1.07 bits per heavy atom. The van der Waals surface area contributed by atoms with Gasteiger partial charge in [0.15, 0.2) is 0 Å². The van der Waals surface area contributed by atoms with Gasteiger partial charge in [-0.2, -0.15) is 0 Å². The second-order valence-corrected chi connectivity index (χ2v) is 15.4. The number of anilines is 4. The number of halogens is 4. The van der Waals surface area contributed by atoms with Crippen LogP contribution in [0.2, 0.25) is 0 Å². The quantitative estimate of drug-likeness (QED) is 0.0870. The highest BCUT2D eigenvalue weighted by Gasteiger charge is 2.18. The van der Waals surface area contributed by atoms with Gasteiger partial charge in [0.2, 0.25) is 0 Å². The first-order valence-electron chi connectivity index (χ1n) is 20.5. The van der Waals surface area contributed by atoms with Crippen molar-refractivity contribution in [2.75, 3.05) is 72.0 Å². The van der Waals surface area contributed by atoms with E-state index in [1.165, 1.54) is 37.1 Å². The molecule has 9 nitrogen and oxygen atoms in total. The van der Waals surface area contributed by atoms with Gasteiger partial charge in [0.05, 0.1) is 17.3 Å². The molecule has 13 heteroatoms. The number of carboxylic acids is 1. The minimum Gasteiger partial charge on any atom is -0.492 e. The van der Waals surface area contributed by atoms with Crippen molar-refractivity contribution in [1.82, 2.24) is 0 Å². The SMILES string of the molecule is Nc1ccc(OCCCl)c2ccccc12.O=C(Nc1ccc(OCCCl)c2ccccc12)c1cc(F)cc(N2CCCCC2)c1.O=C(O)c1cc(F)cc(N2CCCCC2)c1. The van der Waals surface area contributed by atoms with Gasteiger partial charge in [-0.1, -0.05) is 48.5 Å². The van der Waals surface area contributed by atoms with Crippen LogP contribution in [0.1, 0.15) is 59.2 Å². The molecule has 0 bridgehead atoms. The van der Waals surface area contributed by atoms with Crippen LogP contribution in [0.3, 0.4) is 0 Å². The van der Waals surface area contributed by atoms with Gasteiger partial charge in [-0.3, -0.25) is 4.79 Å². The Kier molecular flexibility index (Phi) is 16.3. The minimum atomic E-state index is -1.09. The molecule has 2 fully saturated rings. The highest BCUT2D eigenvalue weighted by Crippen LogP contribution is 2.33. The van der Waals surface area contributed by atoms with Crippen LogP contribution in [0, 0.1) is 11.6 Å². The van der Waals surface area contributed by atoms with E-state index < -0.39 is 17.6 Å². The molecule has 61 heavy (non-hydrogen) atoms. The molecule has 2 saturated heterocycles. The van der Waals surface area contributed by atoms with E-state index in [9.17, 15) is 18.4 Å². The summed E-state index contributed by atoms with van der Waals surface area (Å²) in [5.74, 6) is 0.107. The zero-order valence-electron chi connectivity index (χ0n) is 33.9. The maximum atomic E-state index is 14.3.